The quantitative estimate of drug-likeness (QED) is 0.503. The lowest BCUT2D eigenvalue weighted by atomic mass is 10.0. The summed E-state index contributed by atoms with van der Waals surface area (Å²) in [7, 11) is 1.55. The Kier molecular flexibility index (Phi) is 7.41. The monoisotopic (exact) mass is 422 g/mol. The second kappa shape index (κ2) is 10.2. The molecule has 3 rings (SSSR count). The fourth-order valence-electron chi connectivity index (χ4n) is 3.66. The van der Waals surface area contributed by atoms with Crippen LogP contribution >= 0.6 is 0 Å². The molecule has 7 nitrogen and oxygen atoms in total. The molecule has 3 aromatic rings. The number of rotatable bonds is 10. The van der Waals surface area contributed by atoms with E-state index in [1.54, 1.807) is 25.3 Å². The minimum Gasteiger partial charge on any atom is -0.496 e. The molecule has 0 unspecified atom stereocenters. The van der Waals surface area contributed by atoms with E-state index in [1.165, 1.54) is 6.92 Å². The average molecular weight is 423 g/mol. The number of ketones is 1. The lowest BCUT2D eigenvalue weighted by molar-refractivity contribution is -0.115. The Balaban J connectivity index is 1.84. The Morgan fingerprint density at radius 1 is 1.13 bits per heavy atom. The highest BCUT2D eigenvalue weighted by atomic mass is 16.5. The molecule has 0 spiro atoms. The molecule has 31 heavy (non-hydrogen) atoms. The van der Waals surface area contributed by atoms with E-state index in [0.29, 0.717) is 22.8 Å². The number of carbonyl (C=O) groups excluding carboxylic acids is 2. The number of anilines is 1. The number of hydrogen-bond donors (Lipinski definition) is 1. The van der Waals surface area contributed by atoms with E-state index in [9.17, 15) is 9.59 Å². The van der Waals surface area contributed by atoms with Gasteiger partial charge in [0.2, 0.25) is 11.9 Å². The number of aromatic nitrogens is 2. The van der Waals surface area contributed by atoms with Gasteiger partial charge in [-0.25, -0.2) is 4.98 Å². The largest absolute Gasteiger partial charge is 0.496 e. The minimum atomic E-state index is -0.210. The van der Waals surface area contributed by atoms with E-state index in [1.807, 2.05) is 24.3 Å². The average Bonchev–Trinajstić information content (AvgIpc) is 3.11. The third-order valence-corrected chi connectivity index (χ3v) is 5.48. The molecule has 164 valence electrons. The number of fused-ring (bicyclic) bond motifs is 1. The number of ether oxygens (including phenoxy) is 1. The maximum absolute atomic E-state index is 12.9. The van der Waals surface area contributed by atoms with Crippen LogP contribution in [0.25, 0.3) is 11.0 Å². The zero-order chi connectivity index (χ0) is 22.4. The molecule has 0 atom stereocenters. The molecule has 1 heterocycles. The first-order valence-corrected chi connectivity index (χ1v) is 10.6. The van der Waals surface area contributed by atoms with Gasteiger partial charge in [-0.05, 0) is 50.3 Å². The number of likely N-dealkylation sites (N-methyl/N-ethyl adjacent to an activating group) is 1. The van der Waals surface area contributed by atoms with E-state index < -0.39 is 0 Å². The highest BCUT2D eigenvalue weighted by molar-refractivity contribution is 5.96. The Hall–Kier alpha value is -3.19. The highest BCUT2D eigenvalue weighted by Crippen LogP contribution is 2.23. The summed E-state index contributed by atoms with van der Waals surface area (Å²) in [6.45, 7) is 9.31. The minimum absolute atomic E-state index is 0.0532. The lowest BCUT2D eigenvalue weighted by Crippen LogP contribution is -2.28. The number of nitrogens with one attached hydrogen (secondary N) is 1. The van der Waals surface area contributed by atoms with Gasteiger partial charge in [-0.15, -0.1) is 0 Å². The van der Waals surface area contributed by atoms with Crippen LogP contribution in [0.4, 0.5) is 5.95 Å². The molecular formula is C24H30N4O3. The van der Waals surface area contributed by atoms with E-state index in [-0.39, 0.29) is 18.1 Å². The SMILES string of the molecule is CCN(CC)CCn1c(NC(=O)Cc2cc(C(C)=O)ccc2OC)nc2ccccc21. The Morgan fingerprint density at radius 3 is 2.55 bits per heavy atom. The van der Waals surface area contributed by atoms with Crippen LogP contribution in [0.1, 0.15) is 36.7 Å². The van der Waals surface area contributed by atoms with Crippen molar-refractivity contribution in [1.82, 2.24) is 14.5 Å². The summed E-state index contributed by atoms with van der Waals surface area (Å²) >= 11 is 0. The van der Waals surface area contributed by atoms with Gasteiger partial charge in [-0.2, -0.15) is 0 Å². The molecule has 0 saturated carbocycles. The fourth-order valence-corrected chi connectivity index (χ4v) is 3.66. The van der Waals surface area contributed by atoms with Crippen LogP contribution < -0.4 is 10.1 Å². The molecule has 1 N–H and O–H groups in total. The third-order valence-electron chi connectivity index (χ3n) is 5.48. The van der Waals surface area contributed by atoms with Gasteiger partial charge in [0, 0.05) is 24.2 Å². The summed E-state index contributed by atoms with van der Waals surface area (Å²) in [6, 6.07) is 13.0. The summed E-state index contributed by atoms with van der Waals surface area (Å²) < 4.78 is 7.43. The van der Waals surface area contributed by atoms with Gasteiger partial charge in [-0.1, -0.05) is 26.0 Å². The van der Waals surface area contributed by atoms with Crippen molar-refractivity contribution in [1.29, 1.82) is 0 Å². The van der Waals surface area contributed by atoms with E-state index in [2.05, 4.69) is 33.6 Å². The molecule has 0 aliphatic carbocycles. The van der Waals surface area contributed by atoms with Crippen molar-refractivity contribution < 1.29 is 14.3 Å². The summed E-state index contributed by atoms with van der Waals surface area (Å²) in [5.74, 6) is 0.844. The van der Waals surface area contributed by atoms with Crippen molar-refractivity contribution in [2.45, 2.75) is 33.7 Å². The van der Waals surface area contributed by atoms with Gasteiger partial charge in [0.25, 0.3) is 0 Å². The smallest absolute Gasteiger partial charge is 0.231 e. The number of benzene rings is 2. The standard InChI is InChI=1S/C24H30N4O3/c1-5-27(6-2)13-14-28-21-10-8-7-9-20(21)25-24(28)26-23(30)16-19-15-18(17(3)29)11-12-22(19)31-4/h7-12,15H,5-6,13-14,16H2,1-4H3,(H,25,26,30). The van der Waals surface area contributed by atoms with Gasteiger partial charge in [0.1, 0.15) is 5.75 Å². The number of imidazole rings is 1. The summed E-state index contributed by atoms with van der Waals surface area (Å²) in [4.78, 5) is 31.6. The maximum Gasteiger partial charge on any atom is 0.231 e. The Bertz CT molecular complexity index is 1070. The lowest BCUT2D eigenvalue weighted by Gasteiger charge is -2.19. The molecule has 0 bridgehead atoms. The number of hydrogen-bond acceptors (Lipinski definition) is 5. The van der Waals surface area contributed by atoms with Crippen LogP contribution in [-0.2, 0) is 17.8 Å². The van der Waals surface area contributed by atoms with Crippen molar-refractivity contribution in [2.24, 2.45) is 0 Å². The molecule has 1 aromatic heterocycles. The Labute approximate surface area is 183 Å². The third kappa shape index (κ3) is 5.30. The zero-order valence-electron chi connectivity index (χ0n) is 18.6. The van der Waals surface area contributed by atoms with Crippen LogP contribution in [0, 0.1) is 0 Å². The molecule has 7 heteroatoms. The maximum atomic E-state index is 12.9. The normalized spacial score (nSPS) is 11.1. The number of carbonyl (C=O) groups is 2. The Morgan fingerprint density at radius 2 is 1.87 bits per heavy atom. The number of Topliss-reactive ketones (excluding diaryl/α,β-unsaturated/α-hetero) is 1. The topological polar surface area (TPSA) is 76.5 Å². The predicted octanol–water partition coefficient (Wildman–Crippen LogP) is 3.77. The second-order valence-electron chi connectivity index (χ2n) is 7.41. The van der Waals surface area contributed by atoms with E-state index in [0.717, 1.165) is 37.2 Å². The second-order valence-corrected chi connectivity index (χ2v) is 7.41. The van der Waals surface area contributed by atoms with Gasteiger partial charge in [0.05, 0.1) is 24.6 Å². The first-order chi connectivity index (χ1) is 15.0. The van der Waals surface area contributed by atoms with Gasteiger partial charge >= 0.3 is 0 Å². The van der Waals surface area contributed by atoms with Gasteiger partial charge in [-0.3, -0.25) is 14.9 Å². The van der Waals surface area contributed by atoms with Crippen molar-refractivity contribution in [3.8, 4) is 5.75 Å². The summed E-state index contributed by atoms with van der Waals surface area (Å²) in [6.07, 6.45) is 0.0868. The van der Waals surface area contributed by atoms with Crippen molar-refractivity contribution in [3.63, 3.8) is 0 Å². The summed E-state index contributed by atoms with van der Waals surface area (Å²) in [5, 5.41) is 2.96. The van der Waals surface area contributed by atoms with Crippen LogP contribution in [0.3, 0.4) is 0 Å². The van der Waals surface area contributed by atoms with Crippen LogP contribution in [0.5, 0.6) is 5.75 Å². The molecule has 0 radical (unpaired) electrons. The number of para-hydroxylation sites is 2. The van der Waals surface area contributed by atoms with Gasteiger partial charge in [0.15, 0.2) is 5.78 Å². The van der Waals surface area contributed by atoms with E-state index in [4.69, 9.17) is 4.74 Å². The highest BCUT2D eigenvalue weighted by Gasteiger charge is 2.16. The van der Waals surface area contributed by atoms with Crippen LogP contribution in [0.2, 0.25) is 0 Å². The molecule has 0 saturated heterocycles. The number of methoxy groups -OCH3 is 1. The molecule has 0 aliphatic rings. The molecular weight excluding hydrogens is 392 g/mol. The van der Waals surface area contributed by atoms with Crippen molar-refractivity contribution in [2.75, 3.05) is 32.1 Å². The molecule has 2 aromatic carbocycles. The van der Waals surface area contributed by atoms with Gasteiger partial charge < -0.3 is 14.2 Å². The first-order valence-electron chi connectivity index (χ1n) is 10.6. The zero-order valence-corrected chi connectivity index (χ0v) is 18.6. The number of nitrogens with zero attached hydrogens (tertiary/aromatic N) is 3. The fraction of sp³-hybridized carbons (Fsp3) is 0.375. The van der Waals surface area contributed by atoms with Crippen molar-refractivity contribution >= 4 is 28.7 Å². The van der Waals surface area contributed by atoms with E-state index >= 15 is 0 Å². The predicted molar refractivity (Wildman–Crippen MR) is 123 cm³/mol. The molecule has 0 fully saturated rings. The van der Waals surface area contributed by atoms with Crippen LogP contribution in [0.15, 0.2) is 42.5 Å². The molecule has 1 amide bonds. The van der Waals surface area contributed by atoms with Crippen LogP contribution in [-0.4, -0.2) is 52.9 Å². The summed E-state index contributed by atoms with van der Waals surface area (Å²) in [5.41, 5.74) is 3.04. The van der Waals surface area contributed by atoms with Crippen molar-refractivity contribution in [3.05, 3.63) is 53.6 Å². The first kappa shape index (κ1) is 22.5. The number of amides is 1. The molecule has 0 aliphatic heterocycles.